The Morgan fingerprint density at radius 2 is 2.00 bits per heavy atom. The van der Waals surface area contributed by atoms with E-state index in [1.807, 2.05) is 30.3 Å². The Morgan fingerprint density at radius 3 is 2.77 bits per heavy atom. The summed E-state index contributed by atoms with van der Waals surface area (Å²) in [7, 11) is 0. The molecule has 1 aromatic heterocycles. The van der Waals surface area contributed by atoms with Crippen LogP contribution in [0.15, 0.2) is 36.4 Å². The maximum atomic E-state index is 12.3. The van der Waals surface area contributed by atoms with Crippen LogP contribution < -0.4 is 10.6 Å². The summed E-state index contributed by atoms with van der Waals surface area (Å²) < 4.78 is 0. The molecule has 2 heterocycles. The van der Waals surface area contributed by atoms with Crippen molar-refractivity contribution in [2.45, 2.75) is 31.8 Å². The number of carbonyl (C=O) groups is 1. The topological polar surface area (TPSA) is 54.0 Å². The predicted molar refractivity (Wildman–Crippen MR) is 94.2 cm³/mol. The summed E-state index contributed by atoms with van der Waals surface area (Å²) in [5, 5.41) is 7.52. The first kappa shape index (κ1) is 18.7. The van der Waals surface area contributed by atoms with Crippen LogP contribution in [0.5, 0.6) is 0 Å². The highest BCUT2D eigenvalue weighted by atomic mass is 35.5. The molecule has 6 heteroatoms. The summed E-state index contributed by atoms with van der Waals surface area (Å²) in [5.41, 5.74) is 1.34. The third-order valence-electron chi connectivity index (χ3n) is 3.91. The van der Waals surface area contributed by atoms with E-state index in [2.05, 4.69) is 22.5 Å². The van der Waals surface area contributed by atoms with Crippen molar-refractivity contribution in [3.8, 4) is 0 Å². The minimum atomic E-state index is -0.0868. The normalized spacial score (nSPS) is 20.6. The molecule has 0 aliphatic carbocycles. The molecule has 1 amide bonds. The Labute approximate surface area is 142 Å². The Bertz CT molecular complexity index is 636. The maximum Gasteiger partial charge on any atom is 0.270 e. The van der Waals surface area contributed by atoms with Crippen LogP contribution in [0.3, 0.4) is 0 Å². The van der Waals surface area contributed by atoms with Crippen molar-refractivity contribution in [3.63, 3.8) is 0 Å². The van der Waals surface area contributed by atoms with Gasteiger partial charge in [-0.15, -0.1) is 24.8 Å². The lowest BCUT2D eigenvalue weighted by atomic mass is 10.00. The van der Waals surface area contributed by atoms with Crippen LogP contribution in [0.2, 0.25) is 0 Å². The highest BCUT2D eigenvalue weighted by molar-refractivity contribution is 5.95. The van der Waals surface area contributed by atoms with Crippen LogP contribution in [-0.2, 0) is 0 Å². The molecular formula is C16H21Cl2N3O. The lowest BCUT2D eigenvalue weighted by Gasteiger charge is -2.30. The lowest BCUT2D eigenvalue weighted by molar-refractivity contribution is 0.0915. The number of rotatable bonds is 2. The fourth-order valence-electron chi connectivity index (χ4n) is 2.68. The van der Waals surface area contributed by atoms with Crippen molar-refractivity contribution in [2.24, 2.45) is 0 Å². The van der Waals surface area contributed by atoms with Gasteiger partial charge in [-0.25, -0.2) is 4.98 Å². The van der Waals surface area contributed by atoms with Gasteiger partial charge in [0.2, 0.25) is 0 Å². The second-order valence-electron chi connectivity index (χ2n) is 5.35. The monoisotopic (exact) mass is 341 g/mol. The van der Waals surface area contributed by atoms with Gasteiger partial charge in [-0.1, -0.05) is 24.3 Å². The number of pyridine rings is 1. The van der Waals surface area contributed by atoms with Gasteiger partial charge in [0.05, 0.1) is 5.52 Å². The van der Waals surface area contributed by atoms with Crippen LogP contribution in [0.4, 0.5) is 0 Å². The molecule has 1 aliphatic heterocycles. The molecule has 4 nitrogen and oxygen atoms in total. The van der Waals surface area contributed by atoms with Crippen molar-refractivity contribution < 1.29 is 4.79 Å². The number of piperidine rings is 1. The summed E-state index contributed by atoms with van der Waals surface area (Å²) in [6, 6.07) is 12.1. The first-order valence-corrected chi connectivity index (χ1v) is 7.14. The fourth-order valence-corrected chi connectivity index (χ4v) is 2.68. The van der Waals surface area contributed by atoms with Crippen LogP contribution >= 0.6 is 24.8 Å². The van der Waals surface area contributed by atoms with Gasteiger partial charge >= 0.3 is 0 Å². The Kier molecular flexibility index (Phi) is 7.07. The molecule has 2 atom stereocenters. The third-order valence-corrected chi connectivity index (χ3v) is 3.91. The van der Waals surface area contributed by atoms with Crippen molar-refractivity contribution in [2.75, 3.05) is 6.54 Å². The second-order valence-corrected chi connectivity index (χ2v) is 5.35. The predicted octanol–water partition coefficient (Wildman–Crippen LogP) is 2.95. The van der Waals surface area contributed by atoms with Gasteiger partial charge in [0, 0.05) is 17.5 Å². The van der Waals surface area contributed by atoms with E-state index in [0.29, 0.717) is 11.7 Å². The van der Waals surface area contributed by atoms with Crippen LogP contribution in [0.25, 0.3) is 10.9 Å². The number of hydrogen-bond donors (Lipinski definition) is 2. The average Bonchev–Trinajstić information content (AvgIpc) is 2.49. The first-order chi connectivity index (χ1) is 9.74. The van der Waals surface area contributed by atoms with Crippen LogP contribution in [-0.4, -0.2) is 29.5 Å². The molecule has 0 spiro atoms. The number of nitrogens with zero attached hydrogens (tertiary/aromatic N) is 1. The van der Waals surface area contributed by atoms with E-state index in [1.165, 1.54) is 0 Å². The van der Waals surface area contributed by atoms with E-state index in [9.17, 15) is 4.79 Å². The smallest absolute Gasteiger partial charge is 0.270 e. The van der Waals surface area contributed by atoms with E-state index >= 15 is 0 Å². The molecule has 0 radical (unpaired) electrons. The minimum absolute atomic E-state index is 0. The van der Waals surface area contributed by atoms with Gasteiger partial charge in [-0.3, -0.25) is 4.79 Å². The molecule has 2 unspecified atom stereocenters. The molecule has 3 rings (SSSR count). The standard InChI is InChI=1S/C16H19N3O.2ClH/c1-11-13(7-4-10-17-11)19-16(20)15-9-8-12-5-2-3-6-14(12)18-15;;/h2-3,5-6,8-9,11,13,17H,4,7,10H2,1H3,(H,19,20);2*1H. The Hall–Kier alpha value is -1.36. The van der Waals surface area contributed by atoms with Crippen molar-refractivity contribution >= 4 is 41.6 Å². The Balaban J connectivity index is 0.00000121. The van der Waals surface area contributed by atoms with Gasteiger partial charge in [0.15, 0.2) is 0 Å². The van der Waals surface area contributed by atoms with Gasteiger partial charge in [-0.05, 0) is 38.4 Å². The van der Waals surface area contributed by atoms with Crippen LogP contribution in [0.1, 0.15) is 30.3 Å². The molecule has 2 N–H and O–H groups in total. The summed E-state index contributed by atoms with van der Waals surface area (Å²) in [6.07, 6.45) is 2.12. The second kappa shape index (κ2) is 8.32. The number of hydrogen-bond acceptors (Lipinski definition) is 3. The summed E-state index contributed by atoms with van der Waals surface area (Å²) in [4.78, 5) is 16.7. The number of amides is 1. The number of aromatic nitrogens is 1. The number of nitrogens with one attached hydrogen (secondary N) is 2. The summed E-state index contributed by atoms with van der Waals surface area (Å²) >= 11 is 0. The highest BCUT2D eigenvalue weighted by Gasteiger charge is 2.23. The van der Waals surface area contributed by atoms with E-state index in [4.69, 9.17) is 0 Å². The molecule has 0 saturated carbocycles. The molecular weight excluding hydrogens is 321 g/mol. The van der Waals surface area contributed by atoms with Crippen LogP contribution in [0, 0.1) is 0 Å². The van der Waals surface area contributed by atoms with Gasteiger partial charge in [0.1, 0.15) is 5.69 Å². The third kappa shape index (κ3) is 4.09. The van der Waals surface area contributed by atoms with Gasteiger partial charge < -0.3 is 10.6 Å². The van der Waals surface area contributed by atoms with Gasteiger partial charge in [-0.2, -0.15) is 0 Å². The van der Waals surface area contributed by atoms with Crippen molar-refractivity contribution in [1.29, 1.82) is 0 Å². The zero-order valence-electron chi connectivity index (χ0n) is 12.4. The Morgan fingerprint density at radius 1 is 1.23 bits per heavy atom. The first-order valence-electron chi connectivity index (χ1n) is 7.14. The molecule has 1 fully saturated rings. The lowest BCUT2D eigenvalue weighted by Crippen LogP contribution is -2.52. The van der Waals surface area contributed by atoms with E-state index in [-0.39, 0.29) is 36.8 Å². The van der Waals surface area contributed by atoms with E-state index in [0.717, 1.165) is 30.3 Å². The quantitative estimate of drug-likeness (QED) is 0.882. The number of fused-ring (bicyclic) bond motifs is 1. The largest absolute Gasteiger partial charge is 0.346 e. The minimum Gasteiger partial charge on any atom is -0.346 e. The SMILES string of the molecule is CC1NCCCC1NC(=O)c1ccc2ccccc2n1.Cl.Cl. The summed E-state index contributed by atoms with van der Waals surface area (Å²) in [5.74, 6) is -0.0868. The number of benzene rings is 1. The molecule has 1 aromatic carbocycles. The molecule has 2 aromatic rings. The van der Waals surface area contributed by atoms with E-state index in [1.54, 1.807) is 6.07 Å². The zero-order chi connectivity index (χ0) is 13.9. The zero-order valence-corrected chi connectivity index (χ0v) is 14.0. The molecule has 1 saturated heterocycles. The fraction of sp³-hybridized carbons (Fsp3) is 0.375. The number of carbonyl (C=O) groups excluding carboxylic acids is 1. The molecule has 22 heavy (non-hydrogen) atoms. The average molecular weight is 342 g/mol. The molecule has 120 valence electrons. The summed E-state index contributed by atoms with van der Waals surface area (Å²) in [6.45, 7) is 3.14. The van der Waals surface area contributed by atoms with E-state index < -0.39 is 0 Å². The number of para-hydroxylation sites is 1. The van der Waals surface area contributed by atoms with Crippen molar-refractivity contribution in [3.05, 3.63) is 42.1 Å². The highest BCUT2D eigenvalue weighted by Crippen LogP contribution is 2.13. The number of halogens is 2. The molecule has 1 aliphatic rings. The maximum absolute atomic E-state index is 12.3. The van der Waals surface area contributed by atoms with Gasteiger partial charge in [0.25, 0.3) is 5.91 Å². The van der Waals surface area contributed by atoms with Crippen molar-refractivity contribution in [1.82, 2.24) is 15.6 Å². The molecule has 0 bridgehead atoms.